The first-order valence-electron chi connectivity index (χ1n) is 8.47. The van der Waals surface area contributed by atoms with Crippen LogP contribution in [0.4, 0.5) is 11.8 Å². The molecule has 0 bridgehead atoms. The molecule has 1 fully saturated rings. The van der Waals surface area contributed by atoms with Gasteiger partial charge in [0.05, 0.1) is 11.9 Å². The number of halogens is 1. The van der Waals surface area contributed by atoms with Crippen LogP contribution in [-0.2, 0) is 4.79 Å². The first-order valence-corrected chi connectivity index (χ1v) is 8.84. The molecule has 0 radical (unpaired) electrons. The van der Waals surface area contributed by atoms with Gasteiger partial charge in [0.25, 0.3) is 5.95 Å². The second-order valence-electron chi connectivity index (χ2n) is 6.11. The van der Waals surface area contributed by atoms with E-state index < -0.39 is 0 Å². The Morgan fingerprint density at radius 2 is 2.38 bits per heavy atom. The van der Waals surface area contributed by atoms with Crippen molar-refractivity contribution < 1.29 is 4.79 Å². The molecule has 4 N–H and O–H groups in total. The molecule has 0 aliphatic carbocycles. The number of rotatable bonds is 8. The number of aliphatic imine (C=N–C) groups is 2. The Kier molecular flexibility index (Phi) is 7.89. The molecule has 10 heteroatoms. The van der Waals surface area contributed by atoms with Gasteiger partial charge >= 0.3 is 0 Å². The number of nitrogens with one attached hydrogen (secondary N) is 2. The Morgan fingerprint density at radius 1 is 1.58 bits per heavy atom. The zero-order valence-electron chi connectivity index (χ0n) is 15.1. The first kappa shape index (κ1) is 20.2. The molecule has 0 spiro atoms. The van der Waals surface area contributed by atoms with Crippen molar-refractivity contribution >= 4 is 41.2 Å². The normalized spacial score (nSPS) is 17.7. The number of nitrogens with zero attached hydrogens (tertiary/aromatic N) is 5. The quantitative estimate of drug-likeness (QED) is 0.564. The van der Waals surface area contributed by atoms with Crippen LogP contribution in [0.15, 0.2) is 16.2 Å². The maximum absolute atomic E-state index is 11.5. The molecule has 1 atom stereocenters. The van der Waals surface area contributed by atoms with Crippen molar-refractivity contribution in [1.82, 2.24) is 20.2 Å². The fraction of sp³-hybridized carbons (Fsp3) is 0.562. The molecule has 1 aliphatic rings. The predicted molar refractivity (Wildman–Crippen MR) is 105 cm³/mol. The van der Waals surface area contributed by atoms with E-state index in [-0.39, 0.29) is 24.9 Å². The molecular formula is C16H25ClN8O. The van der Waals surface area contributed by atoms with Gasteiger partial charge < -0.3 is 21.3 Å². The Balaban J connectivity index is 2.03. The number of aromatic nitrogens is 2. The highest BCUT2D eigenvalue weighted by atomic mass is 35.5. The number of carbonyl (C=O) groups is 1. The van der Waals surface area contributed by atoms with E-state index in [4.69, 9.17) is 17.3 Å². The van der Waals surface area contributed by atoms with Gasteiger partial charge in [-0.25, -0.2) is 9.98 Å². The average Bonchev–Trinajstić information content (AvgIpc) is 3.14. The lowest BCUT2D eigenvalue weighted by Gasteiger charge is -2.12. The van der Waals surface area contributed by atoms with Crippen LogP contribution in [0.2, 0.25) is 5.02 Å². The molecule has 1 unspecified atom stereocenters. The number of amides is 1. The van der Waals surface area contributed by atoms with E-state index in [1.165, 1.54) is 23.7 Å². The van der Waals surface area contributed by atoms with Crippen LogP contribution in [0.1, 0.15) is 12.8 Å². The van der Waals surface area contributed by atoms with Crippen LogP contribution in [0.3, 0.4) is 0 Å². The van der Waals surface area contributed by atoms with Crippen molar-refractivity contribution in [3.8, 4) is 0 Å². The zero-order valence-corrected chi connectivity index (χ0v) is 15.8. The largest absolute Gasteiger partial charge is 0.367 e. The van der Waals surface area contributed by atoms with E-state index in [1.54, 1.807) is 14.1 Å². The number of anilines is 1. The van der Waals surface area contributed by atoms with Crippen molar-refractivity contribution in [2.45, 2.75) is 18.9 Å². The zero-order chi connectivity index (χ0) is 18.9. The lowest BCUT2D eigenvalue weighted by Crippen LogP contribution is -2.29. The van der Waals surface area contributed by atoms with E-state index in [0.717, 1.165) is 19.5 Å². The monoisotopic (exact) mass is 380 g/mol. The summed E-state index contributed by atoms with van der Waals surface area (Å²) in [6.45, 7) is 1.96. The minimum absolute atomic E-state index is 0.0364. The van der Waals surface area contributed by atoms with Gasteiger partial charge in [0.2, 0.25) is 5.91 Å². The van der Waals surface area contributed by atoms with Crippen molar-refractivity contribution in [3.63, 3.8) is 0 Å². The maximum Gasteiger partial charge on any atom is 0.251 e. The number of likely N-dealkylation sites (N-methyl/N-ethyl adjacent to an activating group) is 1. The molecule has 1 aromatic rings. The molecule has 1 aromatic heterocycles. The lowest BCUT2D eigenvalue weighted by atomic mass is 10.2. The number of hydrogen-bond acceptors (Lipinski definition) is 8. The van der Waals surface area contributed by atoms with Gasteiger partial charge in [0.1, 0.15) is 11.6 Å². The van der Waals surface area contributed by atoms with E-state index in [0.29, 0.717) is 22.6 Å². The van der Waals surface area contributed by atoms with Crippen LogP contribution < -0.4 is 16.4 Å². The van der Waals surface area contributed by atoms with Gasteiger partial charge in [-0.2, -0.15) is 4.98 Å². The van der Waals surface area contributed by atoms with Gasteiger partial charge in [0.15, 0.2) is 5.82 Å². The Hall–Kier alpha value is -2.10. The molecule has 0 saturated carbocycles. The highest BCUT2D eigenvalue weighted by molar-refractivity contribution is 6.33. The van der Waals surface area contributed by atoms with Crippen LogP contribution in [0.25, 0.3) is 0 Å². The standard InChI is InChI=1S/C16H25ClN8O/c1-25(2)14(26)10-19-7-12(6-18)23-16-22-9-13(17)15(24-16)21-8-11-4-3-5-20-11/h7,9,11,20H,3-6,8,10,18H2,1-2H3,(H,21,22,24). The highest BCUT2D eigenvalue weighted by Gasteiger charge is 2.14. The second kappa shape index (κ2) is 10.1. The van der Waals surface area contributed by atoms with Crippen LogP contribution in [0, 0.1) is 0 Å². The Labute approximate surface area is 158 Å². The van der Waals surface area contributed by atoms with Gasteiger partial charge in [-0.1, -0.05) is 11.6 Å². The second-order valence-corrected chi connectivity index (χ2v) is 6.51. The molecule has 0 aromatic carbocycles. The van der Waals surface area contributed by atoms with E-state index in [9.17, 15) is 4.79 Å². The molecular weight excluding hydrogens is 356 g/mol. The summed E-state index contributed by atoms with van der Waals surface area (Å²) in [5.74, 6) is 0.666. The molecule has 1 saturated heterocycles. The Morgan fingerprint density at radius 3 is 3.04 bits per heavy atom. The van der Waals surface area contributed by atoms with E-state index in [1.807, 2.05) is 0 Å². The maximum atomic E-state index is 11.5. The van der Waals surface area contributed by atoms with Crippen molar-refractivity contribution in [1.29, 1.82) is 0 Å². The summed E-state index contributed by atoms with van der Waals surface area (Å²) in [4.78, 5) is 29.8. The van der Waals surface area contributed by atoms with Gasteiger partial charge in [0, 0.05) is 39.4 Å². The van der Waals surface area contributed by atoms with Crippen LogP contribution in [-0.4, -0.2) is 79.0 Å². The summed E-state index contributed by atoms with van der Waals surface area (Å²) >= 11 is 6.15. The smallest absolute Gasteiger partial charge is 0.251 e. The highest BCUT2D eigenvalue weighted by Crippen LogP contribution is 2.21. The fourth-order valence-corrected chi connectivity index (χ4v) is 2.47. The molecule has 1 amide bonds. The molecule has 142 valence electrons. The number of nitrogens with two attached hydrogens (primary N) is 1. The van der Waals surface area contributed by atoms with Crippen molar-refractivity contribution in [3.05, 3.63) is 11.2 Å². The van der Waals surface area contributed by atoms with Crippen molar-refractivity contribution in [2.24, 2.45) is 15.7 Å². The van der Waals surface area contributed by atoms with Crippen molar-refractivity contribution in [2.75, 3.05) is 45.6 Å². The summed E-state index contributed by atoms with van der Waals surface area (Å²) < 4.78 is 0. The molecule has 1 aliphatic heterocycles. The Bertz CT molecular complexity index is 670. The van der Waals surface area contributed by atoms with Gasteiger partial charge in [-0.3, -0.25) is 9.79 Å². The average molecular weight is 381 g/mol. The number of hydrogen-bond donors (Lipinski definition) is 3. The molecule has 26 heavy (non-hydrogen) atoms. The molecule has 9 nitrogen and oxygen atoms in total. The summed E-state index contributed by atoms with van der Waals surface area (Å²) in [7, 11) is 3.35. The third kappa shape index (κ3) is 6.32. The summed E-state index contributed by atoms with van der Waals surface area (Å²) in [6.07, 6.45) is 5.27. The lowest BCUT2D eigenvalue weighted by molar-refractivity contribution is -0.127. The van der Waals surface area contributed by atoms with Crippen LogP contribution >= 0.6 is 11.6 Å². The van der Waals surface area contributed by atoms with Gasteiger partial charge in [-0.15, -0.1) is 0 Å². The predicted octanol–water partition coefficient (Wildman–Crippen LogP) is 0.484. The topological polar surface area (TPSA) is 121 Å². The molecule has 2 heterocycles. The third-order valence-corrected chi connectivity index (χ3v) is 4.10. The summed E-state index contributed by atoms with van der Waals surface area (Å²) in [5, 5.41) is 7.06. The number of carbonyl (C=O) groups excluding carboxylic acids is 1. The minimum Gasteiger partial charge on any atom is -0.367 e. The molecule has 2 rings (SSSR count). The SMILES string of the molecule is CN(C)C(=O)CN=CC(CN)=Nc1ncc(Cl)c(NCC2CCCN2)n1. The summed E-state index contributed by atoms with van der Waals surface area (Å²) in [6, 6.07) is 0.411. The first-order chi connectivity index (χ1) is 12.5. The minimum atomic E-state index is -0.104. The van der Waals surface area contributed by atoms with Crippen LogP contribution in [0.5, 0.6) is 0 Å². The summed E-state index contributed by atoms with van der Waals surface area (Å²) in [5.41, 5.74) is 6.16. The fourth-order valence-electron chi connectivity index (χ4n) is 2.31. The van der Waals surface area contributed by atoms with Gasteiger partial charge in [-0.05, 0) is 19.4 Å². The van der Waals surface area contributed by atoms with E-state index >= 15 is 0 Å². The van der Waals surface area contributed by atoms with E-state index in [2.05, 4.69) is 30.6 Å². The third-order valence-electron chi connectivity index (χ3n) is 3.83.